The number of aliphatic hydroxyl groups is 3. The molecule has 13 atom stereocenters. The van der Waals surface area contributed by atoms with Crippen LogP contribution in [0.25, 0.3) is 0 Å². The van der Waals surface area contributed by atoms with E-state index in [4.69, 9.17) is 28.5 Å². The number of esters is 1. The zero-order valence-corrected chi connectivity index (χ0v) is 29.7. The van der Waals surface area contributed by atoms with Crippen molar-refractivity contribution in [2.75, 3.05) is 26.4 Å². The van der Waals surface area contributed by atoms with Crippen LogP contribution in [0, 0.1) is 23.7 Å². The van der Waals surface area contributed by atoms with Gasteiger partial charge in [0, 0.05) is 32.5 Å². The Kier molecular flexibility index (Phi) is 14.4. The molecule has 11 nitrogen and oxygen atoms in total. The summed E-state index contributed by atoms with van der Waals surface area (Å²) >= 11 is 1.48. The van der Waals surface area contributed by atoms with E-state index < -0.39 is 71.4 Å². The van der Waals surface area contributed by atoms with Crippen LogP contribution in [0.1, 0.15) is 88.0 Å². The summed E-state index contributed by atoms with van der Waals surface area (Å²) in [5, 5.41) is 38.4. The number of carbonyl (C=O) groups is 1. The lowest BCUT2D eigenvalue weighted by Gasteiger charge is -2.46. The highest BCUT2D eigenvalue weighted by molar-refractivity contribution is 7.98. The molecule has 3 N–H and O–H groups in total. The summed E-state index contributed by atoms with van der Waals surface area (Å²) in [5.41, 5.74) is -2.78. The van der Waals surface area contributed by atoms with Gasteiger partial charge in [-0.25, -0.2) is 0 Å². The first-order valence-electron chi connectivity index (χ1n) is 15.8. The van der Waals surface area contributed by atoms with Crippen molar-refractivity contribution >= 4 is 23.4 Å². The van der Waals surface area contributed by atoms with Gasteiger partial charge in [0.25, 0.3) is 0 Å². The SMILES string of the molecule is CC[C@H]1OC(=O)[C@H](C)[C@@H](O[C@H]2C[C@@](C)(OC)[C@@H](O)C(C)O2)[C@H](C)C[C@](C)(OC)C[C@@H](C)/C(=N\OCSC)[C@H](C)C(O)[C@]1(C)O. The lowest BCUT2D eigenvalue weighted by atomic mass is 9.75. The average molecular weight is 650 g/mol. The van der Waals surface area contributed by atoms with Gasteiger partial charge >= 0.3 is 5.97 Å². The van der Waals surface area contributed by atoms with Crippen molar-refractivity contribution in [1.82, 2.24) is 0 Å². The highest BCUT2D eigenvalue weighted by Crippen LogP contribution is 2.39. The van der Waals surface area contributed by atoms with Gasteiger partial charge in [-0.05, 0) is 66.1 Å². The third kappa shape index (κ3) is 9.08. The van der Waals surface area contributed by atoms with Gasteiger partial charge in [-0.1, -0.05) is 32.9 Å². The Morgan fingerprint density at radius 1 is 0.977 bits per heavy atom. The van der Waals surface area contributed by atoms with Crippen LogP contribution < -0.4 is 0 Å². The summed E-state index contributed by atoms with van der Waals surface area (Å²) in [6.07, 6.45) is -1.68. The molecular weight excluding hydrogens is 590 g/mol. The largest absolute Gasteiger partial charge is 0.459 e. The number of hydrogen-bond acceptors (Lipinski definition) is 12. The van der Waals surface area contributed by atoms with Crippen molar-refractivity contribution < 1.29 is 48.6 Å². The lowest BCUT2D eigenvalue weighted by molar-refractivity contribution is -0.296. The number of cyclic esters (lactones) is 1. The van der Waals surface area contributed by atoms with Crippen LogP contribution >= 0.6 is 11.8 Å². The minimum absolute atomic E-state index is 0.191. The standard InChI is InChI=1S/C32H59NO10S/c1-13-23-32(9,37)27(34)20(4)25(33-40-17-44-12)18(2)14-30(7,38-10)15-19(3)26(21(5)29(36)42-23)43-24-16-31(8,39-11)28(35)22(6)41-24/h18-24,26-28,34-35,37H,13-17H2,1-12H3/b33-25+/t18-,19-,20+,21-,22?,23-,24+,26+,27?,28+,30-,31-,32-/m1/s1. The number of nitrogens with zero attached hydrogens (tertiary/aromatic N) is 1. The van der Waals surface area contributed by atoms with Gasteiger partial charge in [0.2, 0.25) is 0 Å². The molecule has 2 aliphatic rings. The summed E-state index contributed by atoms with van der Waals surface area (Å²) in [4.78, 5) is 19.3. The molecular formula is C32H59NO10S. The van der Waals surface area contributed by atoms with E-state index in [9.17, 15) is 20.1 Å². The molecule has 0 saturated carbocycles. The molecule has 2 saturated heterocycles. The van der Waals surface area contributed by atoms with Crippen LogP contribution in [0.15, 0.2) is 5.16 Å². The Bertz CT molecular complexity index is 952. The smallest absolute Gasteiger partial charge is 0.311 e. The third-order valence-electron chi connectivity index (χ3n) is 9.86. The van der Waals surface area contributed by atoms with E-state index in [2.05, 4.69) is 5.16 Å². The lowest BCUT2D eigenvalue weighted by Crippen LogP contribution is -2.58. The number of methoxy groups -OCH3 is 2. The van der Waals surface area contributed by atoms with Gasteiger partial charge in [-0.2, -0.15) is 0 Å². The molecule has 0 aromatic heterocycles. The highest BCUT2D eigenvalue weighted by Gasteiger charge is 2.50. The van der Waals surface area contributed by atoms with Crippen molar-refractivity contribution in [1.29, 1.82) is 0 Å². The first-order valence-corrected chi connectivity index (χ1v) is 17.2. The molecule has 0 amide bonds. The number of ether oxygens (including phenoxy) is 5. The summed E-state index contributed by atoms with van der Waals surface area (Å²) < 4.78 is 30.4. The second-order valence-electron chi connectivity index (χ2n) is 13.6. The van der Waals surface area contributed by atoms with Crippen molar-refractivity contribution in [2.24, 2.45) is 28.8 Å². The van der Waals surface area contributed by atoms with Crippen LogP contribution in [-0.2, 0) is 33.3 Å². The normalized spacial score (nSPS) is 45.9. The van der Waals surface area contributed by atoms with Crippen molar-refractivity contribution in [3.63, 3.8) is 0 Å². The van der Waals surface area contributed by atoms with Crippen molar-refractivity contribution in [3.8, 4) is 0 Å². The van der Waals surface area contributed by atoms with Gasteiger partial charge in [0.15, 0.2) is 12.2 Å². The summed E-state index contributed by atoms with van der Waals surface area (Å²) in [7, 11) is 3.20. The number of oxime groups is 1. The zero-order valence-electron chi connectivity index (χ0n) is 28.9. The third-order valence-corrected chi connectivity index (χ3v) is 10.2. The van der Waals surface area contributed by atoms with E-state index in [0.717, 1.165) is 0 Å². The number of carbonyl (C=O) groups excluding carboxylic acids is 1. The van der Waals surface area contributed by atoms with Crippen LogP contribution in [0.3, 0.4) is 0 Å². The van der Waals surface area contributed by atoms with E-state index >= 15 is 0 Å². The zero-order chi connectivity index (χ0) is 33.6. The molecule has 0 spiro atoms. The minimum atomic E-state index is -1.79. The molecule has 2 unspecified atom stereocenters. The molecule has 2 heterocycles. The van der Waals surface area contributed by atoms with E-state index in [1.807, 2.05) is 34.0 Å². The Labute approximate surface area is 268 Å². The van der Waals surface area contributed by atoms with Gasteiger partial charge in [0.05, 0.1) is 41.1 Å². The van der Waals surface area contributed by atoms with Gasteiger partial charge in [-0.15, -0.1) is 11.8 Å². The monoisotopic (exact) mass is 649 g/mol. The minimum Gasteiger partial charge on any atom is -0.459 e. The van der Waals surface area contributed by atoms with Gasteiger partial charge < -0.3 is 43.8 Å². The molecule has 0 aromatic carbocycles. The van der Waals surface area contributed by atoms with Crippen LogP contribution in [0.2, 0.25) is 0 Å². The maximum atomic E-state index is 13.8. The molecule has 2 rings (SSSR count). The summed E-state index contributed by atoms with van der Waals surface area (Å²) in [5.74, 6) is -2.00. The maximum Gasteiger partial charge on any atom is 0.311 e. The van der Waals surface area contributed by atoms with Gasteiger partial charge in [-0.3, -0.25) is 4.79 Å². The Morgan fingerprint density at radius 2 is 1.61 bits per heavy atom. The fraction of sp³-hybridized carbons (Fsp3) is 0.938. The maximum absolute atomic E-state index is 13.8. The molecule has 258 valence electrons. The topological polar surface area (TPSA) is 146 Å². The predicted octanol–water partition coefficient (Wildman–Crippen LogP) is 4.14. The molecule has 0 aromatic rings. The molecule has 0 bridgehead atoms. The molecule has 0 radical (unpaired) electrons. The summed E-state index contributed by atoms with van der Waals surface area (Å²) in [6, 6.07) is 0. The van der Waals surface area contributed by atoms with E-state index in [1.54, 1.807) is 41.9 Å². The second-order valence-corrected chi connectivity index (χ2v) is 14.4. The van der Waals surface area contributed by atoms with E-state index in [-0.39, 0.29) is 24.7 Å². The van der Waals surface area contributed by atoms with Crippen LogP contribution in [0.5, 0.6) is 0 Å². The van der Waals surface area contributed by atoms with Crippen molar-refractivity contribution in [2.45, 2.75) is 142 Å². The Balaban J connectivity index is 2.59. The molecule has 12 heteroatoms. The highest BCUT2D eigenvalue weighted by atomic mass is 32.2. The van der Waals surface area contributed by atoms with Crippen LogP contribution in [-0.4, -0.2) is 107 Å². The molecule has 44 heavy (non-hydrogen) atoms. The predicted molar refractivity (Wildman–Crippen MR) is 170 cm³/mol. The van der Waals surface area contributed by atoms with Gasteiger partial charge in [0.1, 0.15) is 17.8 Å². The second kappa shape index (κ2) is 16.2. The van der Waals surface area contributed by atoms with Crippen LogP contribution in [0.4, 0.5) is 0 Å². The molecule has 2 fully saturated rings. The fourth-order valence-corrected chi connectivity index (χ4v) is 7.10. The first kappa shape index (κ1) is 39.2. The average Bonchev–Trinajstić information content (AvgIpc) is 2.97. The number of aliphatic hydroxyl groups excluding tert-OH is 2. The van der Waals surface area contributed by atoms with E-state index in [0.29, 0.717) is 24.5 Å². The fourth-order valence-electron chi connectivity index (χ4n) is 6.95. The molecule has 2 aliphatic heterocycles. The number of hydrogen-bond donors (Lipinski definition) is 3. The quantitative estimate of drug-likeness (QED) is 0.151. The number of rotatable bonds is 8. The first-order chi connectivity index (χ1) is 20.4. The Morgan fingerprint density at radius 3 is 2.16 bits per heavy atom. The number of thioether (sulfide) groups is 1. The summed E-state index contributed by atoms with van der Waals surface area (Å²) in [6.45, 7) is 16.4. The molecule has 0 aliphatic carbocycles. The Hall–Kier alpha value is -0.990. The van der Waals surface area contributed by atoms with Crippen molar-refractivity contribution in [3.05, 3.63) is 0 Å². The van der Waals surface area contributed by atoms with E-state index in [1.165, 1.54) is 18.7 Å².